The fourth-order valence-corrected chi connectivity index (χ4v) is 4.44. The second-order valence-electron chi connectivity index (χ2n) is 7.46. The molecule has 2 N–H and O–H groups in total. The number of methoxy groups -OCH3 is 3. The molecule has 0 aliphatic heterocycles. The lowest BCUT2D eigenvalue weighted by Gasteiger charge is -2.16. The molecule has 0 fully saturated rings. The molecule has 0 atom stereocenters. The highest BCUT2D eigenvalue weighted by molar-refractivity contribution is 6.41. The summed E-state index contributed by atoms with van der Waals surface area (Å²) in [4.78, 5) is 9.30. The van der Waals surface area contributed by atoms with Gasteiger partial charge in [-0.25, -0.2) is 9.97 Å². The van der Waals surface area contributed by atoms with Crippen molar-refractivity contribution < 1.29 is 14.2 Å². The Hall–Kier alpha value is -3.42. The topological polar surface area (TPSA) is 77.5 Å². The van der Waals surface area contributed by atoms with Crippen molar-refractivity contribution in [3.8, 4) is 28.6 Å². The summed E-state index contributed by atoms with van der Waals surface area (Å²) in [6.07, 6.45) is 1.75. The molecule has 2 heterocycles. The lowest BCUT2D eigenvalue weighted by molar-refractivity contribution is 0.394. The molecule has 0 aliphatic carbocycles. The zero-order chi connectivity index (χ0) is 24.4. The van der Waals surface area contributed by atoms with Crippen LogP contribution in [0, 0.1) is 6.92 Å². The number of aromatic nitrogens is 2. The SMILES string of the molecule is CNc1cccc(C)c1Nc1cc2c(OC)nc(-c3c(Cl)c(OC)cc(OC)c3Cl)cc2cn1. The minimum atomic E-state index is 0.326. The number of rotatable bonds is 7. The Bertz CT molecular complexity index is 1350. The number of halogens is 2. The summed E-state index contributed by atoms with van der Waals surface area (Å²) < 4.78 is 16.4. The van der Waals surface area contributed by atoms with Crippen molar-refractivity contribution in [1.82, 2.24) is 9.97 Å². The minimum Gasteiger partial charge on any atom is -0.495 e. The van der Waals surface area contributed by atoms with Crippen LogP contribution >= 0.6 is 23.2 Å². The molecular formula is C25H24Cl2N4O3. The Morgan fingerprint density at radius 3 is 2.24 bits per heavy atom. The van der Waals surface area contributed by atoms with Gasteiger partial charge in [0.25, 0.3) is 0 Å². The second-order valence-corrected chi connectivity index (χ2v) is 8.22. The van der Waals surface area contributed by atoms with Crippen LogP contribution in [-0.4, -0.2) is 38.3 Å². The molecule has 0 spiro atoms. The highest BCUT2D eigenvalue weighted by Gasteiger charge is 2.21. The number of pyridine rings is 2. The number of hydrogen-bond acceptors (Lipinski definition) is 7. The Labute approximate surface area is 208 Å². The van der Waals surface area contributed by atoms with Crippen molar-refractivity contribution >= 4 is 51.2 Å². The van der Waals surface area contributed by atoms with Gasteiger partial charge in [0.2, 0.25) is 5.88 Å². The normalized spacial score (nSPS) is 10.8. The predicted octanol–water partition coefficient (Wildman–Crippen LogP) is 6.72. The molecule has 176 valence electrons. The zero-order valence-electron chi connectivity index (χ0n) is 19.4. The maximum absolute atomic E-state index is 6.61. The third kappa shape index (κ3) is 4.24. The number of aryl methyl sites for hydroxylation is 1. The molecule has 0 saturated carbocycles. The third-order valence-corrected chi connectivity index (χ3v) is 6.25. The van der Waals surface area contributed by atoms with Gasteiger partial charge in [0.05, 0.1) is 48.4 Å². The lowest BCUT2D eigenvalue weighted by atomic mass is 10.1. The molecule has 4 rings (SSSR count). The summed E-state index contributed by atoms with van der Waals surface area (Å²) in [7, 11) is 6.50. The molecule has 0 unspecified atom stereocenters. The van der Waals surface area contributed by atoms with Crippen molar-refractivity contribution in [2.75, 3.05) is 39.0 Å². The molecule has 0 radical (unpaired) electrons. The number of nitrogens with zero attached hydrogens (tertiary/aromatic N) is 2. The highest BCUT2D eigenvalue weighted by Crippen LogP contribution is 2.46. The predicted molar refractivity (Wildman–Crippen MR) is 139 cm³/mol. The fraction of sp³-hybridized carbons (Fsp3) is 0.200. The maximum atomic E-state index is 6.61. The summed E-state index contributed by atoms with van der Waals surface area (Å²) >= 11 is 13.2. The monoisotopic (exact) mass is 498 g/mol. The number of fused-ring (bicyclic) bond motifs is 1. The Morgan fingerprint density at radius 2 is 1.62 bits per heavy atom. The van der Waals surface area contributed by atoms with Gasteiger partial charge in [0, 0.05) is 35.6 Å². The van der Waals surface area contributed by atoms with Gasteiger partial charge in [-0.15, -0.1) is 0 Å². The van der Waals surface area contributed by atoms with E-state index < -0.39 is 0 Å². The van der Waals surface area contributed by atoms with Crippen molar-refractivity contribution in [1.29, 1.82) is 0 Å². The van der Waals surface area contributed by atoms with Crippen LogP contribution in [-0.2, 0) is 0 Å². The first kappa shape index (κ1) is 23.7. The molecule has 2 aromatic heterocycles. The van der Waals surface area contributed by atoms with Gasteiger partial charge in [0.1, 0.15) is 17.3 Å². The van der Waals surface area contributed by atoms with Gasteiger partial charge in [-0.1, -0.05) is 35.3 Å². The minimum absolute atomic E-state index is 0.326. The van der Waals surface area contributed by atoms with Crippen LogP contribution in [0.2, 0.25) is 10.0 Å². The molecule has 0 saturated heterocycles. The van der Waals surface area contributed by atoms with E-state index in [1.165, 1.54) is 14.2 Å². The molecule has 7 nitrogen and oxygen atoms in total. The van der Waals surface area contributed by atoms with E-state index >= 15 is 0 Å². The quantitative estimate of drug-likeness (QED) is 0.292. The summed E-state index contributed by atoms with van der Waals surface area (Å²) in [5, 5.41) is 8.84. The summed E-state index contributed by atoms with van der Waals surface area (Å²) in [5.41, 5.74) is 4.00. The maximum Gasteiger partial charge on any atom is 0.221 e. The van der Waals surface area contributed by atoms with Crippen molar-refractivity contribution in [3.63, 3.8) is 0 Å². The highest BCUT2D eigenvalue weighted by atomic mass is 35.5. The van der Waals surface area contributed by atoms with Gasteiger partial charge < -0.3 is 24.8 Å². The van der Waals surface area contributed by atoms with Crippen LogP contribution in [0.1, 0.15) is 5.56 Å². The van der Waals surface area contributed by atoms with Crippen LogP contribution in [0.25, 0.3) is 22.0 Å². The van der Waals surface area contributed by atoms with Gasteiger partial charge in [-0.3, -0.25) is 0 Å². The zero-order valence-corrected chi connectivity index (χ0v) is 20.9. The van der Waals surface area contributed by atoms with Gasteiger partial charge in [-0.2, -0.15) is 0 Å². The molecular weight excluding hydrogens is 475 g/mol. The van der Waals surface area contributed by atoms with Crippen LogP contribution in [0.15, 0.2) is 42.6 Å². The van der Waals surface area contributed by atoms with Crippen molar-refractivity contribution in [2.24, 2.45) is 0 Å². The first-order valence-corrected chi connectivity index (χ1v) is 11.2. The number of hydrogen-bond donors (Lipinski definition) is 2. The number of benzene rings is 2. The van der Waals surface area contributed by atoms with E-state index in [-0.39, 0.29) is 0 Å². The number of para-hydroxylation sites is 1. The average molecular weight is 499 g/mol. The standard InChI is InChI=1S/C25H24Cl2N4O3/c1-13-7-6-8-16(28-2)24(13)31-20-10-15-14(12-29-20)9-17(30-25(15)34-5)21-22(26)18(32-3)11-19(33-4)23(21)27/h6-12,28H,1-5H3,(H,29,31). The fourth-order valence-electron chi connectivity index (χ4n) is 3.75. The van der Waals surface area contributed by atoms with E-state index in [1.807, 2.05) is 44.3 Å². The Balaban J connectivity index is 1.85. The summed E-state index contributed by atoms with van der Waals surface area (Å²) in [6, 6.07) is 11.4. The third-order valence-electron chi connectivity index (χ3n) is 5.50. The van der Waals surface area contributed by atoms with E-state index in [0.717, 1.165) is 27.7 Å². The van der Waals surface area contributed by atoms with E-state index in [0.29, 0.717) is 44.5 Å². The first-order valence-electron chi connectivity index (χ1n) is 10.4. The van der Waals surface area contributed by atoms with Crippen LogP contribution in [0.5, 0.6) is 17.4 Å². The molecule has 0 amide bonds. The van der Waals surface area contributed by atoms with Crippen molar-refractivity contribution in [3.05, 3.63) is 58.2 Å². The number of ether oxygens (including phenoxy) is 3. The van der Waals surface area contributed by atoms with Crippen molar-refractivity contribution in [2.45, 2.75) is 6.92 Å². The van der Waals surface area contributed by atoms with Gasteiger partial charge >= 0.3 is 0 Å². The average Bonchev–Trinajstić information content (AvgIpc) is 2.85. The smallest absolute Gasteiger partial charge is 0.221 e. The molecule has 9 heteroatoms. The Morgan fingerprint density at radius 1 is 0.912 bits per heavy atom. The molecule has 34 heavy (non-hydrogen) atoms. The van der Waals surface area contributed by atoms with Crippen LogP contribution < -0.4 is 24.8 Å². The van der Waals surface area contributed by atoms with Gasteiger partial charge in [-0.05, 0) is 30.7 Å². The molecule has 0 aliphatic rings. The van der Waals surface area contributed by atoms with E-state index in [9.17, 15) is 0 Å². The van der Waals surface area contributed by atoms with Crippen LogP contribution in [0.3, 0.4) is 0 Å². The second kappa shape index (κ2) is 9.83. The van der Waals surface area contributed by atoms with Crippen LogP contribution in [0.4, 0.5) is 17.2 Å². The number of nitrogens with one attached hydrogen (secondary N) is 2. The van der Waals surface area contributed by atoms with E-state index in [4.69, 9.17) is 42.4 Å². The summed E-state index contributed by atoms with van der Waals surface area (Å²) in [5.74, 6) is 1.92. The van der Waals surface area contributed by atoms with Gasteiger partial charge in [0.15, 0.2) is 0 Å². The van der Waals surface area contributed by atoms with E-state index in [1.54, 1.807) is 19.4 Å². The first-order chi connectivity index (χ1) is 16.4. The Kier molecular flexibility index (Phi) is 6.86. The molecule has 0 bridgehead atoms. The van der Waals surface area contributed by atoms with E-state index in [2.05, 4.69) is 15.6 Å². The molecule has 2 aromatic carbocycles. The number of anilines is 3. The largest absolute Gasteiger partial charge is 0.495 e. The summed E-state index contributed by atoms with van der Waals surface area (Å²) in [6.45, 7) is 2.04. The molecule has 4 aromatic rings. The lowest BCUT2D eigenvalue weighted by Crippen LogP contribution is -2.01.